The summed E-state index contributed by atoms with van der Waals surface area (Å²) in [6.45, 7) is 11.7. The minimum Gasteiger partial charge on any atom is -0.317 e. The van der Waals surface area contributed by atoms with Gasteiger partial charge in [0.25, 0.3) is 0 Å². The molecule has 2 rings (SSSR count). The van der Waals surface area contributed by atoms with Gasteiger partial charge in [-0.2, -0.15) is 0 Å². The van der Waals surface area contributed by atoms with E-state index in [1.54, 1.807) is 0 Å². The van der Waals surface area contributed by atoms with Crippen molar-refractivity contribution in [1.82, 2.24) is 10.2 Å². The van der Waals surface area contributed by atoms with Gasteiger partial charge in [-0.3, -0.25) is 4.90 Å². The fourth-order valence-electron chi connectivity index (χ4n) is 3.02. The zero-order valence-electron chi connectivity index (χ0n) is 11.9. The molecule has 0 aromatic carbocycles. The summed E-state index contributed by atoms with van der Waals surface area (Å²) in [4.78, 5) is 4.23. The Morgan fingerprint density at radius 2 is 2.33 bits per heavy atom. The Labute approximate surface area is 115 Å². The first kappa shape index (κ1) is 14.0. The molecule has 0 aliphatic carbocycles. The van der Waals surface area contributed by atoms with Crippen LogP contribution in [-0.4, -0.2) is 31.1 Å². The molecular weight excluding hydrogens is 240 g/mol. The van der Waals surface area contributed by atoms with Gasteiger partial charge in [-0.25, -0.2) is 0 Å². The number of nitrogens with zero attached hydrogens (tertiary/aromatic N) is 1. The molecule has 1 N–H and O–H groups in total. The van der Waals surface area contributed by atoms with Crippen LogP contribution in [0, 0.1) is 11.8 Å². The SMILES string of the molecule is CCNCC1CCN(C(c2cccs2)C(C)C)C1. The predicted octanol–water partition coefficient (Wildman–Crippen LogP) is 3.38. The normalized spacial score (nSPS) is 22.8. The monoisotopic (exact) mass is 266 g/mol. The Morgan fingerprint density at radius 1 is 1.50 bits per heavy atom. The Bertz CT molecular complexity index is 334. The maximum Gasteiger partial charge on any atom is 0.0464 e. The van der Waals surface area contributed by atoms with Gasteiger partial charge in [-0.05, 0) is 49.3 Å². The van der Waals surface area contributed by atoms with Gasteiger partial charge < -0.3 is 5.32 Å². The highest BCUT2D eigenvalue weighted by Crippen LogP contribution is 2.35. The van der Waals surface area contributed by atoms with Crippen molar-refractivity contribution >= 4 is 11.3 Å². The summed E-state index contributed by atoms with van der Waals surface area (Å²) < 4.78 is 0. The first-order valence-corrected chi connectivity index (χ1v) is 8.08. The largest absolute Gasteiger partial charge is 0.317 e. The van der Waals surface area contributed by atoms with Crippen LogP contribution in [-0.2, 0) is 0 Å². The molecule has 1 aromatic rings. The van der Waals surface area contributed by atoms with Gasteiger partial charge in [-0.1, -0.05) is 26.8 Å². The summed E-state index contributed by atoms with van der Waals surface area (Å²) in [6.07, 6.45) is 1.35. The van der Waals surface area contributed by atoms with Crippen LogP contribution in [0.5, 0.6) is 0 Å². The van der Waals surface area contributed by atoms with Crippen LogP contribution in [0.2, 0.25) is 0 Å². The number of nitrogens with one attached hydrogen (secondary N) is 1. The minimum atomic E-state index is 0.622. The smallest absolute Gasteiger partial charge is 0.0464 e. The van der Waals surface area contributed by atoms with Gasteiger partial charge in [0.15, 0.2) is 0 Å². The van der Waals surface area contributed by atoms with E-state index in [-0.39, 0.29) is 0 Å². The zero-order valence-corrected chi connectivity index (χ0v) is 12.7. The standard InChI is InChI=1S/C15H26N2S/c1-4-16-10-13-7-8-17(11-13)15(12(2)3)14-6-5-9-18-14/h5-6,9,12-13,15-16H,4,7-8,10-11H2,1-3H3. The summed E-state index contributed by atoms with van der Waals surface area (Å²) in [5, 5.41) is 5.69. The van der Waals surface area contributed by atoms with Gasteiger partial charge in [0.2, 0.25) is 0 Å². The van der Waals surface area contributed by atoms with Crippen LogP contribution in [0.3, 0.4) is 0 Å². The quantitative estimate of drug-likeness (QED) is 0.849. The second kappa shape index (κ2) is 6.69. The molecule has 2 heterocycles. The molecule has 18 heavy (non-hydrogen) atoms. The Hall–Kier alpha value is -0.380. The van der Waals surface area contributed by atoms with Crippen molar-refractivity contribution in [2.45, 2.75) is 33.2 Å². The fraction of sp³-hybridized carbons (Fsp3) is 0.733. The highest BCUT2D eigenvalue weighted by atomic mass is 32.1. The van der Waals surface area contributed by atoms with Gasteiger partial charge in [0.1, 0.15) is 0 Å². The maximum absolute atomic E-state index is 3.49. The van der Waals surface area contributed by atoms with Crippen LogP contribution in [0.15, 0.2) is 17.5 Å². The number of rotatable bonds is 6. The molecule has 1 saturated heterocycles. The highest BCUT2D eigenvalue weighted by molar-refractivity contribution is 7.10. The number of hydrogen-bond donors (Lipinski definition) is 1. The lowest BCUT2D eigenvalue weighted by Gasteiger charge is -2.30. The summed E-state index contributed by atoms with van der Waals surface area (Å²) in [5.41, 5.74) is 0. The van der Waals surface area contributed by atoms with E-state index in [1.165, 1.54) is 30.9 Å². The molecule has 102 valence electrons. The van der Waals surface area contributed by atoms with Crippen molar-refractivity contribution in [1.29, 1.82) is 0 Å². The molecule has 0 bridgehead atoms. The molecule has 2 atom stereocenters. The number of hydrogen-bond acceptors (Lipinski definition) is 3. The molecule has 1 aromatic heterocycles. The summed E-state index contributed by atoms with van der Waals surface area (Å²) in [6, 6.07) is 5.10. The van der Waals surface area contributed by atoms with E-state index in [2.05, 4.69) is 48.5 Å². The molecule has 1 fully saturated rings. The molecule has 0 amide bonds. The summed E-state index contributed by atoms with van der Waals surface area (Å²) in [5.74, 6) is 1.53. The van der Waals surface area contributed by atoms with Crippen molar-refractivity contribution in [2.24, 2.45) is 11.8 Å². The molecule has 0 saturated carbocycles. The van der Waals surface area contributed by atoms with Crippen LogP contribution in [0.4, 0.5) is 0 Å². The molecule has 2 unspecified atom stereocenters. The van der Waals surface area contributed by atoms with Crippen LogP contribution >= 0.6 is 11.3 Å². The van der Waals surface area contributed by atoms with E-state index in [9.17, 15) is 0 Å². The first-order valence-electron chi connectivity index (χ1n) is 7.20. The predicted molar refractivity (Wildman–Crippen MR) is 80.1 cm³/mol. The van der Waals surface area contributed by atoms with Crippen molar-refractivity contribution in [3.05, 3.63) is 22.4 Å². The van der Waals surface area contributed by atoms with E-state index in [4.69, 9.17) is 0 Å². The zero-order chi connectivity index (χ0) is 13.0. The molecular formula is C15H26N2S. The Kier molecular flexibility index (Phi) is 5.22. The second-order valence-electron chi connectivity index (χ2n) is 5.66. The maximum atomic E-state index is 3.49. The lowest BCUT2D eigenvalue weighted by Crippen LogP contribution is -2.31. The topological polar surface area (TPSA) is 15.3 Å². The van der Waals surface area contributed by atoms with Crippen molar-refractivity contribution in [3.8, 4) is 0 Å². The van der Waals surface area contributed by atoms with Gasteiger partial charge in [0, 0.05) is 17.5 Å². The van der Waals surface area contributed by atoms with Crippen LogP contribution < -0.4 is 5.32 Å². The molecule has 1 aliphatic heterocycles. The Morgan fingerprint density at radius 3 is 2.94 bits per heavy atom. The molecule has 0 spiro atoms. The Balaban J connectivity index is 1.97. The van der Waals surface area contributed by atoms with E-state index < -0.39 is 0 Å². The number of thiophene rings is 1. The molecule has 2 nitrogen and oxygen atoms in total. The molecule has 0 radical (unpaired) electrons. The summed E-state index contributed by atoms with van der Waals surface area (Å²) in [7, 11) is 0. The average molecular weight is 266 g/mol. The van der Waals surface area contributed by atoms with E-state index >= 15 is 0 Å². The van der Waals surface area contributed by atoms with Crippen LogP contribution in [0.25, 0.3) is 0 Å². The third-order valence-electron chi connectivity index (χ3n) is 3.86. The van der Waals surface area contributed by atoms with E-state index in [0.29, 0.717) is 12.0 Å². The van der Waals surface area contributed by atoms with Gasteiger partial charge >= 0.3 is 0 Å². The lowest BCUT2D eigenvalue weighted by molar-refractivity contribution is 0.189. The highest BCUT2D eigenvalue weighted by Gasteiger charge is 2.31. The first-order chi connectivity index (χ1) is 8.72. The second-order valence-corrected chi connectivity index (χ2v) is 6.64. The lowest BCUT2D eigenvalue weighted by atomic mass is 10.0. The van der Waals surface area contributed by atoms with Crippen molar-refractivity contribution in [2.75, 3.05) is 26.2 Å². The van der Waals surface area contributed by atoms with Crippen molar-refractivity contribution in [3.63, 3.8) is 0 Å². The third kappa shape index (κ3) is 3.34. The average Bonchev–Trinajstić information content (AvgIpc) is 2.98. The van der Waals surface area contributed by atoms with Crippen molar-refractivity contribution < 1.29 is 0 Å². The molecule has 1 aliphatic rings. The van der Waals surface area contributed by atoms with Crippen LogP contribution in [0.1, 0.15) is 38.1 Å². The fourth-order valence-corrected chi connectivity index (χ4v) is 4.05. The summed E-state index contributed by atoms with van der Waals surface area (Å²) >= 11 is 1.91. The third-order valence-corrected chi connectivity index (χ3v) is 4.80. The van der Waals surface area contributed by atoms with E-state index in [0.717, 1.165) is 12.5 Å². The van der Waals surface area contributed by atoms with Gasteiger partial charge in [-0.15, -0.1) is 11.3 Å². The molecule has 3 heteroatoms. The van der Waals surface area contributed by atoms with E-state index in [1.807, 2.05) is 11.3 Å². The minimum absolute atomic E-state index is 0.622. The van der Waals surface area contributed by atoms with Gasteiger partial charge in [0.05, 0.1) is 0 Å². The number of likely N-dealkylation sites (tertiary alicyclic amines) is 1.